The summed E-state index contributed by atoms with van der Waals surface area (Å²) in [5.74, 6) is 1.31. The number of hydrogen-bond acceptors (Lipinski definition) is 9. The van der Waals surface area contributed by atoms with E-state index in [1.807, 2.05) is 25.8 Å². The summed E-state index contributed by atoms with van der Waals surface area (Å²) < 4.78 is 5.17. The summed E-state index contributed by atoms with van der Waals surface area (Å²) in [6.45, 7) is 6.54. The van der Waals surface area contributed by atoms with Crippen LogP contribution in [-0.2, 0) is 11.2 Å². The van der Waals surface area contributed by atoms with Gasteiger partial charge in [-0.1, -0.05) is 0 Å². The molecule has 0 aliphatic rings. The molecule has 0 aliphatic carbocycles. The number of aromatic amines is 1. The molecule has 29 heavy (non-hydrogen) atoms. The highest BCUT2D eigenvalue weighted by atomic mass is 32.1. The molecule has 3 heterocycles. The van der Waals surface area contributed by atoms with Gasteiger partial charge in [-0.2, -0.15) is 10.4 Å². The van der Waals surface area contributed by atoms with Crippen molar-refractivity contribution in [1.82, 2.24) is 20.2 Å². The Labute approximate surface area is 172 Å². The molecule has 0 amide bonds. The van der Waals surface area contributed by atoms with E-state index in [2.05, 4.69) is 26.2 Å². The molecule has 0 atom stereocenters. The minimum atomic E-state index is -0.333. The molecule has 0 aromatic carbocycles. The Kier molecular flexibility index (Phi) is 5.98. The Hall–Kier alpha value is -3.19. The van der Waals surface area contributed by atoms with Crippen molar-refractivity contribution >= 4 is 39.2 Å². The van der Waals surface area contributed by atoms with Gasteiger partial charge in [0.2, 0.25) is 0 Å². The van der Waals surface area contributed by atoms with Crippen molar-refractivity contribution in [2.24, 2.45) is 0 Å². The fourth-order valence-corrected chi connectivity index (χ4v) is 4.30. The molecule has 10 heteroatoms. The van der Waals surface area contributed by atoms with E-state index in [0.29, 0.717) is 35.8 Å². The lowest BCUT2D eigenvalue weighted by Crippen LogP contribution is -2.21. The third-order valence-corrected chi connectivity index (χ3v) is 5.77. The van der Waals surface area contributed by atoms with Crippen LogP contribution in [0.2, 0.25) is 0 Å². The summed E-state index contributed by atoms with van der Waals surface area (Å²) in [7, 11) is 1.95. The standard InChI is InChI=1S/C19H23N7O2S/c1-5-28-19(27)15-10(2)14-17(22-11(3)23-18(14)29-15)26(4)8-6-7-13-12(9-20)16(21)25-24-13/h5-8H2,1-4H3,(H3,21,24,25). The largest absolute Gasteiger partial charge is 0.462 e. The molecule has 0 bridgehead atoms. The van der Waals surface area contributed by atoms with Crippen LogP contribution in [0.25, 0.3) is 10.2 Å². The lowest BCUT2D eigenvalue weighted by atomic mass is 10.1. The van der Waals surface area contributed by atoms with E-state index < -0.39 is 0 Å². The number of nitrogen functional groups attached to an aromatic ring is 1. The van der Waals surface area contributed by atoms with Gasteiger partial charge in [0, 0.05) is 13.6 Å². The first-order valence-electron chi connectivity index (χ1n) is 9.26. The molecule has 0 saturated heterocycles. The highest BCUT2D eigenvalue weighted by molar-refractivity contribution is 7.20. The van der Waals surface area contributed by atoms with E-state index in [1.165, 1.54) is 11.3 Å². The number of H-pyrrole nitrogens is 1. The van der Waals surface area contributed by atoms with Crippen LogP contribution in [0.1, 0.15) is 45.7 Å². The van der Waals surface area contributed by atoms with Crippen LogP contribution in [-0.4, -0.2) is 46.3 Å². The Morgan fingerprint density at radius 1 is 1.38 bits per heavy atom. The van der Waals surface area contributed by atoms with Gasteiger partial charge in [-0.05, 0) is 39.2 Å². The predicted molar refractivity (Wildman–Crippen MR) is 112 cm³/mol. The van der Waals surface area contributed by atoms with Crippen molar-refractivity contribution in [2.75, 3.05) is 30.8 Å². The van der Waals surface area contributed by atoms with Gasteiger partial charge < -0.3 is 15.4 Å². The number of aryl methyl sites for hydroxylation is 3. The average Bonchev–Trinajstić information content (AvgIpc) is 3.20. The highest BCUT2D eigenvalue weighted by Crippen LogP contribution is 2.35. The summed E-state index contributed by atoms with van der Waals surface area (Å²) in [5.41, 5.74) is 7.66. The SMILES string of the molecule is CCOC(=O)c1sc2nc(C)nc(N(C)CCCc3[nH]nc(N)c3C#N)c2c1C. The number of carbonyl (C=O) groups excluding carboxylic acids is 1. The maximum Gasteiger partial charge on any atom is 0.348 e. The first-order valence-corrected chi connectivity index (χ1v) is 10.1. The number of fused-ring (bicyclic) bond motifs is 1. The fourth-order valence-electron chi connectivity index (χ4n) is 3.19. The third-order valence-electron chi connectivity index (χ3n) is 4.61. The summed E-state index contributed by atoms with van der Waals surface area (Å²) in [6.07, 6.45) is 1.41. The Bertz CT molecular complexity index is 1100. The molecule has 0 radical (unpaired) electrons. The molecule has 3 aromatic rings. The van der Waals surface area contributed by atoms with Gasteiger partial charge in [-0.25, -0.2) is 14.8 Å². The zero-order chi connectivity index (χ0) is 21.1. The van der Waals surface area contributed by atoms with E-state index in [9.17, 15) is 10.1 Å². The molecule has 0 aliphatic heterocycles. The maximum atomic E-state index is 12.3. The Morgan fingerprint density at radius 3 is 2.83 bits per heavy atom. The van der Waals surface area contributed by atoms with Gasteiger partial charge in [0.25, 0.3) is 0 Å². The number of hydrogen-bond donors (Lipinski definition) is 2. The van der Waals surface area contributed by atoms with Gasteiger partial charge in [-0.3, -0.25) is 5.10 Å². The van der Waals surface area contributed by atoms with Crippen LogP contribution < -0.4 is 10.6 Å². The molecular weight excluding hydrogens is 390 g/mol. The summed E-state index contributed by atoms with van der Waals surface area (Å²) in [4.78, 5) is 24.8. The van der Waals surface area contributed by atoms with Crippen LogP contribution in [0.15, 0.2) is 0 Å². The Balaban J connectivity index is 1.84. The van der Waals surface area contributed by atoms with Gasteiger partial charge in [0.15, 0.2) is 5.82 Å². The quantitative estimate of drug-likeness (QED) is 0.565. The van der Waals surface area contributed by atoms with E-state index in [4.69, 9.17) is 10.5 Å². The number of esters is 1. The second-order valence-corrected chi connectivity index (χ2v) is 7.65. The molecule has 0 saturated carbocycles. The average molecular weight is 414 g/mol. The molecular formula is C19H23N7O2S. The lowest BCUT2D eigenvalue weighted by molar-refractivity contribution is 0.0531. The third kappa shape index (κ3) is 4.00. The molecule has 9 nitrogen and oxygen atoms in total. The number of carbonyl (C=O) groups is 1. The van der Waals surface area contributed by atoms with Crippen molar-refractivity contribution in [3.63, 3.8) is 0 Å². The van der Waals surface area contributed by atoms with Gasteiger partial charge in [-0.15, -0.1) is 11.3 Å². The number of nitrogens with two attached hydrogens (primary N) is 1. The highest BCUT2D eigenvalue weighted by Gasteiger charge is 2.22. The van der Waals surface area contributed by atoms with Gasteiger partial charge >= 0.3 is 5.97 Å². The zero-order valence-corrected chi connectivity index (χ0v) is 17.7. The smallest absolute Gasteiger partial charge is 0.348 e. The normalized spacial score (nSPS) is 10.9. The van der Waals surface area contributed by atoms with Gasteiger partial charge in [0.05, 0.1) is 17.7 Å². The van der Waals surface area contributed by atoms with E-state index in [-0.39, 0.29) is 11.8 Å². The molecule has 0 fully saturated rings. The fraction of sp³-hybridized carbons (Fsp3) is 0.421. The number of nitriles is 1. The molecule has 0 spiro atoms. The number of nitrogens with zero attached hydrogens (tertiary/aromatic N) is 5. The summed E-state index contributed by atoms with van der Waals surface area (Å²) >= 11 is 1.33. The number of nitrogens with one attached hydrogen (secondary N) is 1. The second-order valence-electron chi connectivity index (χ2n) is 6.65. The summed E-state index contributed by atoms with van der Waals surface area (Å²) in [5, 5.41) is 16.8. The van der Waals surface area contributed by atoms with Crippen molar-refractivity contribution in [3.05, 3.63) is 27.5 Å². The molecule has 0 unspecified atom stereocenters. The first-order chi connectivity index (χ1) is 13.9. The molecule has 152 valence electrons. The van der Waals surface area contributed by atoms with Crippen LogP contribution in [0.3, 0.4) is 0 Å². The van der Waals surface area contributed by atoms with Crippen molar-refractivity contribution < 1.29 is 9.53 Å². The number of ether oxygens (including phenoxy) is 1. The number of aromatic nitrogens is 4. The monoisotopic (exact) mass is 413 g/mol. The van der Waals surface area contributed by atoms with Crippen molar-refractivity contribution in [2.45, 2.75) is 33.6 Å². The minimum absolute atomic E-state index is 0.226. The molecule has 3 N–H and O–H groups in total. The minimum Gasteiger partial charge on any atom is -0.462 e. The first kappa shape index (κ1) is 20.5. The Morgan fingerprint density at radius 2 is 2.14 bits per heavy atom. The van der Waals surface area contributed by atoms with Crippen molar-refractivity contribution in [1.29, 1.82) is 5.26 Å². The van der Waals surface area contributed by atoms with E-state index in [1.54, 1.807) is 6.92 Å². The number of thiophene rings is 1. The van der Waals surface area contributed by atoms with E-state index >= 15 is 0 Å². The maximum absolute atomic E-state index is 12.3. The molecule has 3 rings (SSSR count). The lowest BCUT2D eigenvalue weighted by Gasteiger charge is -2.19. The summed E-state index contributed by atoms with van der Waals surface area (Å²) in [6, 6.07) is 2.08. The number of rotatable bonds is 7. The van der Waals surface area contributed by atoms with Crippen LogP contribution in [0.4, 0.5) is 11.6 Å². The van der Waals surface area contributed by atoms with Crippen LogP contribution in [0, 0.1) is 25.2 Å². The van der Waals surface area contributed by atoms with Crippen molar-refractivity contribution in [3.8, 4) is 6.07 Å². The topological polar surface area (TPSA) is 134 Å². The van der Waals surface area contributed by atoms with Crippen LogP contribution in [0.5, 0.6) is 0 Å². The van der Waals surface area contributed by atoms with E-state index in [0.717, 1.165) is 33.7 Å². The molecule has 3 aromatic heterocycles. The van der Waals surface area contributed by atoms with Gasteiger partial charge in [0.1, 0.15) is 33.0 Å². The van der Waals surface area contributed by atoms with Crippen LogP contribution >= 0.6 is 11.3 Å². The zero-order valence-electron chi connectivity index (χ0n) is 16.9. The second kappa shape index (κ2) is 8.45. The number of anilines is 2. The predicted octanol–water partition coefficient (Wildman–Crippen LogP) is 2.73.